The fourth-order valence-electron chi connectivity index (χ4n) is 1.84. The van der Waals surface area contributed by atoms with Gasteiger partial charge in [0, 0.05) is 5.39 Å². The van der Waals surface area contributed by atoms with Crippen molar-refractivity contribution in [3.8, 4) is 11.8 Å². The molecule has 17 heavy (non-hydrogen) atoms. The van der Waals surface area contributed by atoms with Gasteiger partial charge in [-0.15, -0.1) is 0 Å². The summed E-state index contributed by atoms with van der Waals surface area (Å²) in [6, 6.07) is 10.6. The third-order valence-electron chi connectivity index (χ3n) is 2.54. The van der Waals surface area contributed by atoms with E-state index in [2.05, 4.69) is 0 Å². The van der Waals surface area contributed by atoms with Crippen molar-refractivity contribution in [2.24, 2.45) is 0 Å². The van der Waals surface area contributed by atoms with Gasteiger partial charge in [-0.1, -0.05) is 24.3 Å². The Kier molecular flexibility index (Phi) is 2.67. The molecule has 4 heteroatoms. The Bertz CT molecular complexity index is 641. The summed E-state index contributed by atoms with van der Waals surface area (Å²) in [7, 11) is 1.36. The number of benzene rings is 2. The van der Waals surface area contributed by atoms with Crippen LogP contribution in [0.25, 0.3) is 10.8 Å². The molecule has 0 radical (unpaired) electrons. The summed E-state index contributed by atoms with van der Waals surface area (Å²) in [4.78, 5) is 11.3. The second kappa shape index (κ2) is 4.14. The average Bonchev–Trinajstić information content (AvgIpc) is 2.35. The molecule has 1 N–H and O–H groups in total. The first kappa shape index (κ1) is 11.0. The molecule has 0 heterocycles. The van der Waals surface area contributed by atoms with Crippen molar-refractivity contribution in [3.63, 3.8) is 0 Å². The number of hydrogen-bond donors (Lipinski definition) is 1. The molecule has 2 aromatic rings. The monoisotopic (exact) mass is 227 g/mol. The molecule has 2 rings (SSSR count). The van der Waals surface area contributed by atoms with Gasteiger partial charge in [-0.3, -0.25) is 0 Å². The van der Waals surface area contributed by atoms with Gasteiger partial charge in [-0.2, -0.15) is 5.26 Å². The summed E-state index contributed by atoms with van der Waals surface area (Å²) in [6.45, 7) is 0. The van der Waals surface area contributed by atoms with Gasteiger partial charge in [0.25, 0.3) is 0 Å². The largest absolute Gasteiger partial charge is 0.494 e. The SMILES string of the molecule is COc1c(C#N)cc2ccccc2c1C(=O)O. The number of carboxylic acids is 1. The van der Waals surface area contributed by atoms with E-state index in [9.17, 15) is 9.90 Å². The van der Waals surface area contributed by atoms with Gasteiger partial charge >= 0.3 is 5.97 Å². The zero-order valence-corrected chi connectivity index (χ0v) is 9.10. The molecule has 0 atom stereocenters. The first-order valence-corrected chi connectivity index (χ1v) is 4.92. The number of carbonyl (C=O) groups is 1. The van der Waals surface area contributed by atoms with E-state index in [1.165, 1.54) is 7.11 Å². The van der Waals surface area contributed by atoms with Crippen LogP contribution in [0.1, 0.15) is 15.9 Å². The van der Waals surface area contributed by atoms with Crippen LogP contribution in [0.15, 0.2) is 30.3 Å². The van der Waals surface area contributed by atoms with Gasteiger partial charge in [0.15, 0.2) is 5.75 Å². The highest BCUT2D eigenvalue weighted by atomic mass is 16.5. The third kappa shape index (κ3) is 1.68. The Morgan fingerprint density at radius 3 is 2.71 bits per heavy atom. The number of aromatic carboxylic acids is 1. The number of nitrogens with zero attached hydrogens (tertiary/aromatic N) is 1. The lowest BCUT2D eigenvalue weighted by Crippen LogP contribution is -2.03. The lowest BCUT2D eigenvalue weighted by molar-refractivity contribution is 0.0695. The summed E-state index contributed by atoms with van der Waals surface area (Å²) in [5.41, 5.74) is 0.255. The minimum Gasteiger partial charge on any atom is -0.494 e. The number of rotatable bonds is 2. The number of carboxylic acid groups (broad SMARTS) is 1. The summed E-state index contributed by atoms with van der Waals surface area (Å²) >= 11 is 0. The number of nitriles is 1. The van der Waals surface area contributed by atoms with Gasteiger partial charge in [-0.05, 0) is 11.5 Å². The van der Waals surface area contributed by atoms with Crippen molar-refractivity contribution in [3.05, 3.63) is 41.5 Å². The minimum atomic E-state index is -1.10. The molecule has 0 fully saturated rings. The molecule has 2 aromatic carbocycles. The highest BCUT2D eigenvalue weighted by Gasteiger charge is 2.19. The summed E-state index contributed by atoms with van der Waals surface area (Å²) in [5.74, 6) is -0.992. The number of hydrogen-bond acceptors (Lipinski definition) is 3. The van der Waals surface area contributed by atoms with E-state index >= 15 is 0 Å². The van der Waals surface area contributed by atoms with E-state index in [1.807, 2.05) is 6.07 Å². The molecule has 0 aromatic heterocycles. The second-order valence-electron chi connectivity index (χ2n) is 3.47. The topological polar surface area (TPSA) is 70.3 Å². The highest BCUT2D eigenvalue weighted by molar-refractivity contribution is 6.07. The molecular formula is C13H9NO3. The van der Waals surface area contributed by atoms with Crippen molar-refractivity contribution in [2.75, 3.05) is 7.11 Å². The molecule has 0 amide bonds. The molecule has 0 saturated carbocycles. The van der Waals surface area contributed by atoms with Crippen molar-refractivity contribution in [1.82, 2.24) is 0 Å². The average molecular weight is 227 g/mol. The van der Waals surface area contributed by atoms with Crippen LogP contribution in [-0.2, 0) is 0 Å². The van der Waals surface area contributed by atoms with Gasteiger partial charge in [0.05, 0.1) is 12.7 Å². The Hall–Kier alpha value is -2.54. The summed E-state index contributed by atoms with van der Waals surface area (Å²) < 4.78 is 5.03. The van der Waals surface area contributed by atoms with E-state index in [0.717, 1.165) is 0 Å². The highest BCUT2D eigenvalue weighted by Crippen LogP contribution is 2.31. The molecule has 0 unspecified atom stereocenters. The van der Waals surface area contributed by atoms with Crippen LogP contribution in [0.5, 0.6) is 5.75 Å². The van der Waals surface area contributed by atoms with E-state index in [1.54, 1.807) is 30.3 Å². The van der Waals surface area contributed by atoms with Crippen LogP contribution in [0.4, 0.5) is 0 Å². The Morgan fingerprint density at radius 2 is 2.12 bits per heavy atom. The first-order valence-electron chi connectivity index (χ1n) is 4.92. The lowest BCUT2D eigenvalue weighted by Gasteiger charge is -2.10. The molecule has 0 bridgehead atoms. The van der Waals surface area contributed by atoms with Gasteiger partial charge in [0.2, 0.25) is 0 Å². The van der Waals surface area contributed by atoms with Crippen LogP contribution < -0.4 is 4.74 Å². The Morgan fingerprint density at radius 1 is 1.41 bits per heavy atom. The van der Waals surface area contributed by atoms with Gasteiger partial charge in [-0.25, -0.2) is 4.79 Å². The molecule has 0 spiro atoms. The fraction of sp³-hybridized carbons (Fsp3) is 0.0769. The summed E-state index contributed by atoms with van der Waals surface area (Å²) in [5, 5.41) is 19.5. The van der Waals surface area contributed by atoms with Crippen molar-refractivity contribution in [1.29, 1.82) is 5.26 Å². The third-order valence-corrected chi connectivity index (χ3v) is 2.54. The molecule has 0 aliphatic rings. The maximum Gasteiger partial charge on any atom is 0.340 e. The molecule has 0 aliphatic heterocycles. The predicted octanol–water partition coefficient (Wildman–Crippen LogP) is 2.42. The fourth-order valence-corrected chi connectivity index (χ4v) is 1.84. The zero-order chi connectivity index (χ0) is 12.4. The van der Waals surface area contributed by atoms with Gasteiger partial charge in [0.1, 0.15) is 11.6 Å². The Balaban J connectivity index is 2.97. The number of methoxy groups -OCH3 is 1. The smallest absolute Gasteiger partial charge is 0.340 e. The normalized spacial score (nSPS) is 9.88. The molecular weight excluding hydrogens is 218 g/mol. The van der Waals surface area contributed by atoms with Crippen molar-refractivity contribution in [2.45, 2.75) is 0 Å². The minimum absolute atomic E-state index is 0.0298. The molecule has 0 saturated heterocycles. The van der Waals surface area contributed by atoms with E-state index in [-0.39, 0.29) is 16.9 Å². The van der Waals surface area contributed by atoms with Crippen molar-refractivity contribution >= 4 is 16.7 Å². The maximum atomic E-state index is 11.3. The molecule has 84 valence electrons. The van der Waals surface area contributed by atoms with Crippen LogP contribution in [0.3, 0.4) is 0 Å². The van der Waals surface area contributed by atoms with E-state index < -0.39 is 5.97 Å². The van der Waals surface area contributed by atoms with Gasteiger partial charge < -0.3 is 9.84 Å². The standard InChI is InChI=1S/C13H9NO3/c1-17-12-9(7-14)6-8-4-2-3-5-10(8)11(12)13(15)16/h2-6H,1H3,(H,15,16). The molecule has 0 aliphatic carbocycles. The first-order chi connectivity index (χ1) is 8.19. The number of fused-ring (bicyclic) bond motifs is 1. The van der Waals surface area contributed by atoms with Crippen LogP contribution in [0, 0.1) is 11.3 Å². The Labute approximate surface area is 97.7 Å². The van der Waals surface area contributed by atoms with Crippen LogP contribution in [0.2, 0.25) is 0 Å². The quantitative estimate of drug-likeness (QED) is 0.855. The summed E-state index contributed by atoms with van der Waals surface area (Å²) in [6.07, 6.45) is 0. The molecule has 4 nitrogen and oxygen atoms in total. The second-order valence-corrected chi connectivity index (χ2v) is 3.47. The number of ether oxygens (including phenoxy) is 1. The maximum absolute atomic E-state index is 11.3. The lowest BCUT2D eigenvalue weighted by atomic mass is 10.00. The van der Waals surface area contributed by atoms with E-state index in [0.29, 0.717) is 10.8 Å². The predicted molar refractivity (Wildman–Crippen MR) is 62.2 cm³/mol. The zero-order valence-electron chi connectivity index (χ0n) is 9.10. The van der Waals surface area contributed by atoms with Crippen molar-refractivity contribution < 1.29 is 14.6 Å². The van der Waals surface area contributed by atoms with Crippen LogP contribution >= 0.6 is 0 Å². The van der Waals surface area contributed by atoms with E-state index in [4.69, 9.17) is 10.00 Å². The van der Waals surface area contributed by atoms with Crippen LogP contribution in [-0.4, -0.2) is 18.2 Å².